The number of nitrogens with one attached hydrogen (secondary N) is 2. The normalized spacial score (nSPS) is 24.2. The summed E-state index contributed by atoms with van der Waals surface area (Å²) < 4.78 is 1.06. The van der Waals surface area contributed by atoms with Gasteiger partial charge in [-0.3, -0.25) is 9.69 Å². The Morgan fingerprint density at radius 3 is 2.95 bits per heavy atom. The summed E-state index contributed by atoms with van der Waals surface area (Å²) in [5.41, 5.74) is 0.893. The molecule has 104 valence electrons. The second kappa shape index (κ2) is 6.67. The van der Waals surface area contributed by atoms with Crippen LogP contribution in [-0.4, -0.2) is 42.5 Å². The van der Waals surface area contributed by atoms with Crippen LogP contribution in [0.15, 0.2) is 24.3 Å². The summed E-state index contributed by atoms with van der Waals surface area (Å²) in [4.78, 5) is 14.3. The molecule has 1 heterocycles. The molecule has 1 aliphatic rings. The maximum Gasteiger partial charge on any atom is 0.238 e. The zero-order valence-electron chi connectivity index (χ0n) is 11.3. The van der Waals surface area contributed by atoms with Crippen LogP contribution in [0.4, 0.5) is 5.69 Å². The fourth-order valence-electron chi connectivity index (χ4n) is 2.25. The molecular weight excluding hydrogens is 353 g/mol. The summed E-state index contributed by atoms with van der Waals surface area (Å²) in [7, 11) is 0. The summed E-state index contributed by atoms with van der Waals surface area (Å²) in [6.07, 6.45) is 0. The minimum Gasteiger partial charge on any atom is -0.324 e. The Bertz CT molecular complexity index is 452. The van der Waals surface area contributed by atoms with Gasteiger partial charge in [0.1, 0.15) is 0 Å². The van der Waals surface area contributed by atoms with Crippen LogP contribution < -0.4 is 10.6 Å². The number of anilines is 1. The number of nitrogens with zero attached hydrogens (tertiary/aromatic N) is 1. The molecule has 2 N–H and O–H groups in total. The molecule has 0 saturated carbocycles. The summed E-state index contributed by atoms with van der Waals surface area (Å²) in [6, 6.07) is 8.68. The van der Waals surface area contributed by atoms with Crippen LogP contribution in [0.2, 0.25) is 0 Å². The van der Waals surface area contributed by atoms with Gasteiger partial charge >= 0.3 is 0 Å². The third-order valence-corrected chi connectivity index (χ3v) is 4.33. The average Bonchev–Trinajstić information content (AvgIpc) is 2.37. The smallest absolute Gasteiger partial charge is 0.238 e. The summed E-state index contributed by atoms with van der Waals surface area (Å²) in [5, 5.41) is 6.40. The molecule has 5 heteroatoms. The molecule has 0 bridgehead atoms. The van der Waals surface area contributed by atoms with E-state index in [1.54, 1.807) is 0 Å². The molecule has 1 saturated heterocycles. The predicted octanol–water partition coefficient (Wildman–Crippen LogP) is 1.91. The van der Waals surface area contributed by atoms with Crippen molar-refractivity contribution in [3.05, 3.63) is 27.8 Å². The van der Waals surface area contributed by atoms with Crippen molar-refractivity contribution in [2.24, 2.45) is 0 Å². The lowest BCUT2D eigenvalue weighted by atomic mass is 10.1. The van der Waals surface area contributed by atoms with Crippen molar-refractivity contribution in [1.29, 1.82) is 0 Å². The third kappa shape index (κ3) is 4.15. The van der Waals surface area contributed by atoms with Crippen molar-refractivity contribution in [3.63, 3.8) is 0 Å². The minimum atomic E-state index is 0.0602. The van der Waals surface area contributed by atoms with Crippen molar-refractivity contribution in [2.75, 3.05) is 25.0 Å². The van der Waals surface area contributed by atoms with E-state index < -0.39 is 0 Å². The molecule has 0 spiro atoms. The van der Waals surface area contributed by atoms with E-state index >= 15 is 0 Å². The number of carbonyl (C=O) groups is 1. The third-order valence-electron chi connectivity index (χ3n) is 3.39. The van der Waals surface area contributed by atoms with Crippen molar-refractivity contribution in [3.8, 4) is 0 Å². The van der Waals surface area contributed by atoms with E-state index in [4.69, 9.17) is 0 Å². The molecule has 19 heavy (non-hydrogen) atoms. The molecular formula is C14H20IN3O. The quantitative estimate of drug-likeness (QED) is 0.796. The van der Waals surface area contributed by atoms with E-state index in [0.717, 1.165) is 22.3 Å². The van der Waals surface area contributed by atoms with Gasteiger partial charge in [0.2, 0.25) is 5.91 Å². The van der Waals surface area contributed by atoms with Crippen LogP contribution >= 0.6 is 22.6 Å². The van der Waals surface area contributed by atoms with Crippen LogP contribution in [0.25, 0.3) is 0 Å². The molecule has 1 amide bonds. The predicted molar refractivity (Wildman–Crippen MR) is 86.3 cm³/mol. The lowest BCUT2D eigenvalue weighted by molar-refractivity contribution is -0.118. The largest absolute Gasteiger partial charge is 0.324 e. The molecule has 1 aliphatic heterocycles. The monoisotopic (exact) mass is 373 g/mol. The first-order valence-electron chi connectivity index (χ1n) is 6.58. The maximum absolute atomic E-state index is 12.1. The van der Waals surface area contributed by atoms with Crippen LogP contribution in [0, 0.1) is 3.57 Å². The van der Waals surface area contributed by atoms with E-state index in [1.807, 2.05) is 24.3 Å². The number of amides is 1. The first kappa shape index (κ1) is 14.7. The Hall–Kier alpha value is -0.660. The van der Waals surface area contributed by atoms with Gasteiger partial charge in [0.25, 0.3) is 0 Å². The maximum atomic E-state index is 12.1. The van der Waals surface area contributed by atoms with Gasteiger partial charge in [-0.15, -0.1) is 0 Å². The Kier molecular flexibility index (Phi) is 5.18. The van der Waals surface area contributed by atoms with Gasteiger partial charge in [0.05, 0.1) is 12.2 Å². The molecule has 2 rings (SSSR count). The topological polar surface area (TPSA) is 44.4 Å². The second-order valence-electron chi connectivity index (χ2n) is 5.12. The number of para-hydroxylation sites is 1. The molecule has 2 unspecified atom stereocenters. The van der Waals surface area contributed by atoms with E-state index in [2.05, 4.69) is 52.0 Å². The van der Waals surface area contributed by atoms with Gasteiger partial charge in [-0.05, 0) is 48.6 Å². The Balaban J connectivity index is 1.92. The summed E-state index contributed by atoms with van der Waals surface area (Å²) in [5.74, 6) is 0.0602. The van der Waals surface area contributed by atoms with Crippen LogP contribution in [0.3, 0.4) is 0 Å². The average molecular weight is 373 g/mol. The van der Waals surface area contributed by atoms with Gasteiger partial charge in [0.15, 0.2) is 0 Å². The fourth-order valence-corrected chi connectivity index (χ4v) is 2.78. The molecule has 1 aromatic rings. The molecule has 1 aromatic carbocycles. The van der Waals surface area contributed by atoms with E-state index in [0.29, 0.717) is 18.6 Å². The molecule has 0 aromatic heterocycles. The van der Waals surface area contributed by atoms with E-state index in [1.165, 1.54) is 0 Å². The molecule has 2 atom stereocenters. The molecule has 0 aliphatic carbocycles. The highest BCUT2D eigenvalue weighted by Gasteiger charge is 2.24. The highest BCUT2D eigenvalue weighted by Crippen LogP contribution is 2.17. The SMILES string of the molecule is CC1CN(CC(=O)Nc2ccccc2I)C(C)CN1. The van der Waals surface area contributed by atoms with Crippen LogP contribution in [0.5, 0.6) is 0 Å². The van der Waals surface area contributed by atoms with Crippen molar-refractivity contribution in [1.82, 2.24) is 10.2 Å². The fraction of sp³-hybridized carbons (Fsp3) is 0.500. The standard InChI is InChI=1S/C14H20IN3O/c1-10-8-18(11(2)7-16-10)9-14(19)17-13-6-4-3-5-12(13)15/h3-6,10-11,16H,7-9H2,1-2H3,(H,17,19). The lowest BCUT2D eigenvalue weighted by Gasteiger charge is -2.36. The lowest BCUT2D eigenvalue weighted by Crippen LogP contribution is -2.55. The Labute approximate surface area is 128 Å². The van der Waals surface area contributed by atoms with E-state index in [-0.39, 0.29) is 5.91 Å². The van der Waals surface area contributed by atoms with Crippen molar-refractivity contribution < 1.29 is 4.79 Å². The highest BCUT2D eigenvalue weighted by molar-refractivity contribution is 14.1. The van der Waals surface area contributed by atoms with Gasteiger partial charge in [0, 0.05) is 28.7 Å². The highest BCUT2D eigenvalue weighted by atomic mass is 127. The molecule has 4 nitrogen and oxygen atoms in total. The summed E-state index contributed by atoms with van der Waals surface area (Å²) in [6.45, 7) is 6.62. The number of halogens is 1. The zero-order valence-corrected chi connectivity index (χ0v) is 13.5. The first-order chi connectivity index (χ1) is 9.06. The second-order valence-corrected chi connectivity index (χ2v) is 6.28. The number of rotatable bonds is 3. The van der Waals surface area contributed by atoms with Crippen LogP contribution in [-0.2, 0) is 4.79 Å². The Morgan fingerprint density at radius 1 is 1.47 bits per heavy atom. The Morgan fingerprint density at radius 2 is 2.21 bits per heavy atom. The number of hydrogen-bond acceptors (Lipinski definition) is 3. The number of benzene rings is 1. The van der Waals surface area contributed by atoms with Crippen molar-refractivity contribution >= 4 is 34.2 Å². The zero-order chi connectivity index (χ0) is 13.8. The first-order valence-corrected chi connectivity index (χ1v) is 7.66. The van der Waals surface area contributed by atoms with Gasteiger partial charge in [-0.2, -0.15) is 0 Å². The van der Waals surface area contributed by atoms with Crippen molar-refractivity contribution in [2.45, 2.75) is 25.9 Å². The molecule has 1 fully saturated rings. The molecule has 0 radical (unpaired) electrons. The number of carbonyl (C=O) groups excluding carboxylic acids is 1. The number of piperazine rings is 1. The van der Waals surface area contributed by atoms with Crippen LogP contribution in [0.1, 0.15) is 13.8 Å². The van der Waals surface area contributed by atoms with Gasteiger partial charge in [-0.25, -0.2) is 0 Å². The summed E-state index contributed by atoms with van der Waals surface area (Å²) >= 11 is 2.23. The number of hydrogen-bond donors (Lipinski definition) is 2. The van der Waals surface area contributed by atoms with E-state index in [9.17, 15) is 4.79 Å². The van der Waals surface area contributed by atoms with Gasteiger partial charge < -0.3 is 10.6 Å². The minimum absolute atomic E-state index is 0.0602. The van der Waals surface area contributed by atoms with Gasteiger partial charge in [-0.1, -0.05) is 12.1 Å².